The van der Waals surface area contributed by atoms with Crippen LogP contribution in [-0.4, -0.2) is 23.5 Å². The zero-order chi connectivity index (χ0) is 16.7. The standard InChI is InChI=1S/C15H14ClN3O4/c16-11-4-1-3-10(7-11)9-22-12-5-2-6-18-14(12)23-15(21)19-13(20)8-17/h1-7H,8-9,17H2,(H,19,20,21). The molecule has 0 aliphatic carbocycles. The molecule has 0 aliphatic heterocycles. The quantitative estimate of drug-likeness (QED) is 0.864. The summed E-state index contributed by atoms with van der Waals surface area (Å²) < 4.78 is 10.5. The van der Waals surface area contributed by atoms with Gasteiger partial charge in [-0.3, -0.25) is 10.1 Å². The van der Waals surface area contributed by atoms with Gasteiger partial charge in [0.2, 0.25) is 5.91 Å². The Morgan fingerprint density at radius 3 is 2.83 bits per heavy atom. The minimum absolute atomic E-state index is 0.0585. The van der Waals surface area contributed by atoms with E-state index in [4.69, 9.17) is 26.8 Å². The van der Waals surface area contributed by atoms with Crippen molar-refractivity contribution in [1.29, 1.82) is 0 Å². The van der Waals surface area contributed by atoms with Crippen LogP contribution in [-0.2, 0) is 11.4 Å². The van der Waals surface area contributed by atoms with E-state index in [9.17, 15) is 9.59 Å². The van der Waals surface area contributed by atoms with Gasteiger partial charge in [-0.1, -0.05) is 23.7 Å². The van der Waals surface area contributed by atoms with Crippen LogP contribution in [0.15, 0.2) is 42.6 Å². The van der Waals surface area contributed by atoms with Gasteiger partial charge in [-0.15, -0.1) is 0 Å². The van der Waals surface area contributed by atoms with Gasteiger partial charge in [0.15, 0.2) is 5.75 Å². The Morgan fingerprint density at radius 1 is 1.26 bits per heavy atom. The molecule has 23 heavy (non-hydrogen) atoms. The van der Waals surface area contributed by atoms with Gasteiger partial charge in [-0.25, -0.2) is 9.78 Å². The molecule has 0 radical (unpaired) electrons. The van der Waals surface area contributed by atoms with Crippen molar-refractivity contribution in [3.8, 4) is 11.6 Å². The van der Waals surface area contributed by atoms with Crippen LogP contribution in [0.5, 0.6) is 11.6 Å². The number of pyridine rings is 1. The van der Waals surface area contributed by atoms with Crippen molar-refractivity contribution < 1.29 is 19.1 Å². The Labute approximate surface area is 137 Å². The number of imide groups is 1. The molecular formula is C15H14ClN3O4. The van der Waals surface area contributed by atoms with Gasteiger partial charge >= 0.3 is 6.09 Å². The molecule has 0 saturated heterocycles. The lowest BCUT2D eigenvalue weighted by atomic mass is 10.2. The number of nitrogens with two attached hydrogens (primary N) is 1. The number of halogens is 1. The van der Waals surface area contributed by atoms with E-state index in [2.05, 4.69) is 4.98 Å². The van der Waals surface area contributed by atoms with E-state index in [1.165, 1.54) is 6.20 Å². The van der Waals surface area contributed by atoms with Gasteiger partial charge in [0.1, 0.15) is 6.61 Å². The summed E-state index contributed by atoms with van der Waals surface area (Å²) in [6.45, 7) is -0.110. The van der Waals surface area contributed by atoms with Gasteiger partial charge in [0.05, 0.1) is 6.54 Å². The molecule has 8 heteroatoms. The summed E-state index contributed by atoms with van der Waals surface area (Å²) in [5.74, 6) is -0.466. The molecule has 2 amide bonds. The Bertz CT molecular complexity index is 709. The molecule has 120 valence electrons. The number of amides is 2. The highest BCUT2D eigenvalue weighted by atomic mass is 35.5. The molecule has 2 rings (SSSR count). The molecule has 1 heterocycles. The largest absolute Gasteiger partial charge is 0.483 e. The number of hydrogen-bond donors (Lipinski definition) is 2. The average molecular weight is 336 g/mol. The number of hydrogen-bond acceptors (Lipinski definition) is 6. The van der Waals surface area contributed by atoms with E-state index in [1.54, 1.807) is 30.3 Å². The van der Waals surface area contributed by atoms with Gasteiger partial charge < -0.3 is 15.2 Å². The molecular weight excluding hydrogens is 322 g/mol. The first-order valence-corrected chi connectivity index (χ1v) is 7.00. The molecule has 0 unspecified atom stereocenters. The fourth-order valence-corrected chi connectivity index (χ4v) is 1.84. The van der Waals surface area contributed by atoms with Gasteiger partial charge in [-0.2, -0.15) is 0 Å². The van der Waals surface area contributed by atoms with Crippen molar-refractivity contribution in [2.45, 2.75) is 6.61 Å². The fourth-order valence-electron chi connectivity index (χ4n) is 1.63. The lowest BCUT2D eigenvalue weighted by Gasteiger charge is -2.10. The van der Waals surface area contributed by atoms with Crippen molar-refractivity contribution in [3.63, 3.8) is 0 Å². The molecule has 0 bridgehead atoms. The van der Waals surface area contributed by atoms with Crippen molar-refractivity contribution in [1.82, 2.24) is 10.3 Å². The third-order valence-electron chi connectivity index (χ3n) is 2.64. The second kappa shape index (κ2) is 8.11. The number of carbonyl (C=O) groups excluding carboxylic acids is 2. The summed E-state index contributed by atoms with van der Waals surface area (Å²) in [6.07, 6.45) is 0.450. The number of benzene rings is 1. The number of aromatic nitrogens is 1. The van der Waals surface area contributed by atoms with Crippen molar-refractivity contribution in [2.24, 2.45) is 5.73 Å². The second-order valence-electron chi connectivity index (χ2n) is 4.37. The maximum Gasteiger partial charge on any atom is 0.420 e. The van der Waals surface area contributed by atoms with Gasteiger partial charge in [0, 0.05) is 11.2 Å². The summed E-state index contributed by atoms with van der Waals surface area (Å²) in [7, 11) is 0. The van der Waals surface area contributed by atoms with E-state index in [1.807, 2.05) is 11.4 Å². The van der Waals surface area contributed by atoms with E-state index < -0.39 is 12.0 Å². The van der Waals surface area contributed by atoms with Crippen LogP contribution in [0.4, 0.5) is 4.79 Å². The van der Waals surface area contributed by atoms with Crippen LogP contribution < -0.4 is 20.5 Å². The fraction of sp³-hybridized carbons (Fsp3) is 0.133. The number of nitrogens with zero attached hydrogens (tertiary/aromatic N) is 1. The van der Waals surface area contributed by atoms with Crippen LogP contribution in [0.25, 0.3) is 0 Å². The minimum Gasteiger partial charge on any atom is -0.483 e. The highest BCUT2D eigenvalue weighted by Crippen LogP contribution is 2.25. The maximum atomic E-state index is 11.5. The molecule has 0 fully saturated rings. The third kappa shape index (κ3) is 5.24. The average Bonchev–Trinajstić information content (AvgIpc) is 2.54. The van der Waals surface area contributed by atoms with Gasteiger partial charge in [0.25, 0.3) is 5.88 Å². The number of rotatable bonds is 5. The molecule has 0 aliphatic rings. The lowest BCUT2D eigenvalue weighted by molar-refractivity contribution is -0.118. The summed E-state index contributed by atoms with van der Waals surface area (Å²) in [5.41, 5.74) is 5.94. The highest BCUT2D eigenvalue weighted by molar-refractivity contribution is 6.30. The first kappa shape index (κ1) is 16.7. The van der Waals surface area contributed by atoms with E-state index in [-0.39, 0.29) is 24.8 Å². The molecule has 0 saturated carbocycles. The second-order valence-corrected chi connectivity index (χ2v) is 4.80. The first-order valence-electron chi connectivity index (χ1n) is 6.62. The molecule has 1 aromatic heterocycles. The van der Waals surface area contributed by atoms with Crippen LogP contribution >= 0.6 is 11.6 Å². The first-order chi connectivity index (χ1) is 11.1. The Kier molecular flexibility index (Phi) is 5.90. The number of nitrogens with one attached hydrogen (secondary N) is 1. The maximum absolute atomic E-state index is 11.5. The predicted octanol–water partition coefficient (Wildman–Crippen LogP) is 1.89. The third-order valence-corrected chi connectivity index (χ3v) is 2.87. The van der Waals surface area contributed by atoms with Crippen molar-refractivity contribution >= 4 is 23.6 Å². The molecule has 0 spiro atoms. The zero-order valence-electron chi connectivity index (χ0n) is 12.0. The molecule has 2 aromatic rings. The van der Waals surface area contributed by atoms with Crippen LogP contribution in [0, 0.1) is 0 Å². The SMILES string of the molecule is NCC(=O)NC(=O)Oc1ncccc1OCc1cccc(Cl)c1. The van der Waals surface area contributed by atoms with E-state index >= 15 is 0 Å². The van der Waals surface area contributed by atoms with Crippen LogP contribution in [0.1, 0.15) is 5.56 Å². The summed E-state index contributed by atoms with van der Waals surface area (Å²) in [5, 5.41) is 2.54. The molecule has 7 nitrogen and oxygen atoms in total. The van der Waals surface area contributed by atoms with Crippen LogP contribution in [0.2, 0.25) is 5.02 Å². The summed E-state index contributed by atoms with van der Waals surface area (Å²) in [6, 6.07) is 10.4. The van der Waals surface area contributed by atoms with Crippen molar-refractivity contribution in [2.75, 3.05) is 6.54 Å². The Morgan fingerprint density at radius 2 is 2.09 bits per heavy atom. The summed E-state index contributed by atoms with van der Waals surface area (Å²) >= 11 is 5.90. The molecule has 3 N–H and O–H groups in total. The Balaban J connectivity index is 2.02. The van der Waals surface area contributed by atoms with E-state index in [0.717, 1.165) is 5.56 Å². The van der Waals surface area contributed by atoms with Crippen LogP contribution in [0.3, 0.4) is 0 Å². The minimum atomic E-state index is -0.980. The highest BCUT2D eigenvalue weighted by Gasteiger charge is 2.13. The molecule has 0 atom stereocenters. The Hall–Kier alpha value is -2.64. The predicted molar refractivity (Wildman–Crippen MR) is 83.2 cm³/mol. The normalized spacial score (nSPS) is 10.0. The van der Waals surface area contributed by atoms with Gasteiger partial charge in [-0.05, 0) is 29.8 Å². The lowest BCUT2D eigenvalue weighted by Crippen LogP contribution is -2.37. The zero-order valence-corrected chi connectivity index (χ0v) is 12.7. The van der Waals surface area contributed by atoms with Crippen molar-refractivity contribution in [3.05, 3.63) is 53.2 Å². The smallest absolute Gasteiger partial charge is 0.420 e. The molecule has 1 aromatic carbocycles. The number of ether oxygens (including phenoxy) is 2. The van der Waals surface area contributed by atoms with E-state index in [0.29, 0.717) is 5.02 Å². The summed E-state index contributed by atoms with van der Waals surface area (Å²) in [4.78, 5) is 26.5. The topological polar surface area (TPSA) is 104 Å². The monoisotopic (exact) mass is 335 g/mol. The number of carbonyl (C=O) groups is 2.